The predicted molar refractivity (Wildman–Crippen MR) is 38.1 cm³/mol. The van der Waals surface area contributed by atoms with Gasteiger partial charge in [0.1, 0.15) is 0 Å². The van der Waals surface area contributed by atoms with Crippen molar-refractivity contribution in [3.63, 3.8) is 0 Å². The summed E-state index contributed by atoms with van der Waals surface area (Å²) in [5, 5.41) is 6.54. The van der Waals surface area contributed by atoms with Gasteiger partial charge in [0, 0.05) is 13.1 Å². The second-order valence-electron chi connectivity index (χ2n) is 2.60. The summed E-state index contributed by atoms with van der Waals surface area (Å²) < 4.78 is 25.7. The molecule has 1 aromatic heterocycles. The molecule has 66 valence electrons. The van der Waals surface area contributed by atoms with Crippen molar-refractivity contribution in [2.24, 2.45) is 0 Å². The molecular weight excluding hydrogens is 166 g/mol. The average Bonchev–Trinajstić information content (AvgIpc) is 2.46. The molecule has 12 heavy (non-hydrogen) atoms. The third-order valence-corrected chi connectivity index (χ3v) is 1.71. The number of rotatable bonds is 1. The van der Waals surface area contributed by atoms with Gasteiger partial charge in [0.2, 0.25) is 11.8 Å². The first-order valence-electron chi connectivity index (χ1n) is 3.74. The molecule has 0 amide bonds. The smallest absolute Gasteiger partial charge is 0.299 e. The van der Waals surface area contributed by atoms with Crippen LogP contribution in [0.5, 0.6) is 0 Å². The molecule has 0 bridgehead atoms. The first-order valence-corrected chi connectivity index (χ1v) is 3.74. The second kappa shape index (κ2) is 2.69. The first kappa shape index (κ1) is 7.45. The van der Waals surface area contributed by atoms with E-state index in [2.05, 4.69) is 15.4 Å². The minimum atomic E-state index is -2.58. The average molecular weight is 174 g/mol. The Balaban J connectivity index is 2.32. The third-order valence-electron chi connectivity index (χ3n) is 1.71. The SMILES string of the molecule is FC(F)c1nc2n(n1)CCCN2. The predicted octanol–water partition coefficient (Wildman–Crippen LogP) is 1.03. The van der Waals surface area contributed by atoms with Gasteiger partial charge in [-0.05, 0) is 6.42 Å². The summed E-state index contributed by atoms with van der Waals surface area (Å²) in [6.45, 7) is 1.45. The number of hydrogen-bond acceptors (Lipinski definition) is 3. The highest BCUT2D eigenvalue weighted by atomic mass is 19.3. The largest absolute Gasteiger partial charge is 0.354 e. The van der Waals surface area contributed by atoms with Crippen LogP contribution < -0.4 is 5.32 Å². The van der Waals surface area contributed by atoms with E-state index in [4.69, 9.17) is 0 Å². The van der Waals surface area contributed by atoms with Gasteiger partial charge in [-0.1, -0.05) is 0 Å². The molecule has 0 radical (unpaired) electrons. The Kier molecular flexibility index (Phi) is 1.67. The van der Waals surface area contributed by atoms with Crippen molar-refractivity contribution in [3.8, 4) is 0 Å². The van der Waals surface area contributed by atoms with Gasteiger partial charge in [0.05, 0.1) is 0 Å². The van der Waals surface area contributed by atoms with Crippen molar-refractivity contribution in [3.05, 3.63) is 5.82 Å². The fourth-order valence-corrected chi connectivity index (χ4v) is 1.17. The molecule has 1 aromatic rings. The van der Waals surface area contributed by atoms with Crippen molar-refractivity contribution < 1.29 is 8.78 Å². The van der Waals surface area contributed by atoms with Crippen molar-refractivity contribution in [2.75, 3.05) is 11.9 Å². The quantitative estimate of drug-likeness (QED) is 0.691. The molecule has 2 rings (SSSR count). The molecule has 1 aliphatic heterocycles. The number of aromatic nitrogens is 3. The number of aryl methyl sites for hydroxylation is 1. The van der Waals surface area contributed by atoms with E-state index in [-0.39, 0.29) is 5.82 Å². The number of halogens is 2. The monoisotopic (exact) mass is 174 g/mol. The minimum Gasteiger partial charge on any atom is -0.354 e. The maximum absolute atomic E-state index is 12.1. The van der Waals surface area contributed by atoms with E-state index >= 15 is 0 Å². The Morgan fingerprint density at radius 2 is 2.33 bits per heavy atom. The summed E-state index contributed by atoms with van der Waals surface area (Å²) in [6, 6.07) is 0. The topological polar surface area (TPSA) is 42.7 Å². The summed E-state index contributed by atoms with van der Waals surface area (Å²) in [5.41, 5.74) is 0. The van der Waals surface area contributed by atoms with Crippen LogP contribution in [0.25, 0.3) is 0 Å². The van der Waals surface area contributed by atoms with Gasteiger partial charge >= 0.3 is 0 Å². The Morgan fingerprint density at radius 1 is 1.50 bits per heavy atom. The van der Waals surface area contributed by atoms with Gasteiger partial charge in [0.25, 0.3) is 6.43 Å². The Bertz CT molecular complexity index is 260. The maximum Gasteiger partial charge on any atom is 0.299 e. The van der Waals surface area contributed by atoms with Gasteiger partial charge in [-0.2, -0.15) is 4.98 Å². The number of nitrogens with zero attached hydrogens (tertiary/aromatic N) is 3. The number of alkyl halides is 2. The van der Waals surface area contributed by atoms with E-state index in [0.29, 0.717) is 12.5 Å². The second-order valence-corrected chi connectivity index (χ2v) is 2.60. The molecule has 0 fully saturated rings. The molecule has 0 atom stereocenters. The van der Waals surface area contributed by atoms with Crippen molar-refractivity contribution >= 4 is 5.95 Å². The molecule has 0 saturated carbocycles. The summed E-state index contributed by atoms with van der Waals surface area (Å²) in [5.74, 6) is 0.0657. The van der Waals surface area contributed by atoms with Crippen LogP contribution in [0.15, 0.2) is 0 Å². The molecular formula is C6H8F2N4. The highest BCUT2D eigenvalue weighted by molar-refractivity contribution is 5.26. The van der Waals surface area contributed by atoms with Gasteiger partial charge in [-0.15, -0.1) is 5.10 Å². The highest BCUT2D eigenvalue weighted by Crippen LogP contribution is 2.18. The van der Waals surface area contributed by atoms with Gasteiger partial charge in [-0.3, -0.25) is 0 Å². The Labute approximate surface area is 67.6 Å². The van der Waals surface area contributed by atoms with Crippen molar-refractivity contribution in [1.29, 1.82) is 0 Å². The molecule has 6 heteroatoms. The lowest BCUT2D eigenvalue weighted by Gasteiger charge is -2.12. The number of hydrogen-bond donors (Lipinski definition) is 1. The molecule has 0 aromatic carbocycles. The van der Waals surface area contributed by atoms with Gasteiger partial charge < -0.3 is 5.32 Å². The highest BCUT2D eigenvalue weighted by Gasteiger charge is 2.18. The molecule has 0 spiro atoms. The molecule has 0 unspecified atom stereocenters. The molecule has 0 aliphatic carbocycles. The van der Waals surface area contributed by atoms with Crippen LogP contribution in [0, 0.1) is 0 Å². The Hall–Kier alpha value is -1.20. The third kappa shape index (κ3) is 1.13. The standard InChI is InChI=1S/C6H8F2N4/c7-4(8)5-10-6-9-2-1-3-12(6)11-5/h4H,1-3H2,(H,9,10,11). The minimum absolute atomic E-state index is 0.389. The number of nitrogens with one attached hydrogen (secondary N) is 1. The van der Waals surface area contributed by atoms with E-state index in [1.165, 1.54) is 4.68 Å². The lowest BCUT2D eigenvalue weighted by Crippen LogP contribution is -2.17. The van der Waals surface area contributed by atoms with E-state index < -0.39 is 6.43 Å². The zero-order valence-corrected chi connectivity index (χ0v) is 6.30. The van der Waals surface area contributed by atoms with Gasteiger partial charge in [0.15, 0.2) is 0 Å². The van der Waals surface area contributed by atoms with E-state index in [1.807, 2.05) is 0 Å². The Morgan fingerprint density at radius 3 is 3.00 bits per heavy atom. The van der Waals surface area contributed by atoms with Crippen LogP contribution in [-0.4, -0.2) is 21.3 Å². The number of fused-ring (bicyclic) bond motifs is 1. The fraction of sp³-hybridized carbons (Fsp3) is 0.667. The summed E-state index contributed by atoms with van der Waals surface area (Å²) in [7, 11) is 0. The lowest BCUT2D eigenvalue weighted by molar-refractivity contribution is 0.140. The fourth-order valence-electron chi connectivity index (χ4n) is 1.17. The van der Waals surface area contributed by atoms with Crippen LogP contribution >= 0.6 is 0 Å². The molecule has 2 heterocycles. The summed E-state index contributed by atoms with van der Waals surface area (Å²) >= 11 is 0. The van der Waals surface area contributed by atoms with E-state index in [0.717, 1.165) is 13.0 Å². The zero-order valence-electron chi connectivity index (χ0n) is 6.30. The molecule has 1 N–H and O–H groups in total. The maximum atomic E-state index is 12.1. The summed E-state index contributed by atoms with van der Waals surface area (Å²) in [6.07, 6.45) is -1.68. The van der Waals surface area contributed by atoms with Crippen molar-refractivity contribution in [1.82, 2.24) is 14.8 Å². The summed E-state index contributed by atoms with van der Waals surface area (Å²) in [4.78, 5) is 3.64. The lowest BCUT2D eigenvalue weighted by atomic mass is 10.4. The van der Waals surface area contributed by atoms with Crippen molar-refractivity contribution in [2.45, 2.75) is 19.4 Å². The molecule has 1 aliphatic rings. The normalized spacial score (nSPS) is 15.9. The van der Waals surface area contributed by atoms with Crippen LogP contribution in [0.1, 0.15) is 18.7 Å². The van der Waals surface area contributed by atoms with Crippen LogP contribution in [0.4, 0.5) is 14.7 Å². The van der Waals surface area contributed by atoms with Crippen LogP contribution in [0.3, 0.4) is 0 Å². The van der Waals surface area contributed by atoms with Crippen LogP contribution in [-0.2, 0) is 6.54 Å². The van der Waals surface area contributed by atoms with Gasteiger partial charge in [-0.25, -0.2) is 13.5 Å². The van der Waals surface area contributed by atoms with E-state index in [9.17, 15) is 8.78 Å². The molecule has 0 saturated heterocycles. The first-order chi connectivity index (χ1) is 5.77. The van der Waals surface area contributed by atoms with Crippen LogP contribution in [0.2, 0.25) is 0 Å². The number of anilines is 1. The zero-order chi connectivity index (χ0) is 8.55. The molecule has 4 nitrogen and oxygen atoms in total. The van der Waals surface area contributed by atoms with E-state index in [1.54, 1.807) is 0 Å².